The van der Waals surface area contributed by atoms with Crippen molar-refractivity contribution in [2.24, 2.45) is 0 Å². The van der Waals surface area contributed by atoms with Gasteiger partial charge in [0.05, 0.1) is 0 Å². The minimum Gasteiger partial charge on any atom is -0.0992 e. The second-order valence-corrected chi connectivity index (χ2v) is 4.92. The average Bonchev–Trinajstić information content (AvgIpc) is 2.48. The molecule has 0 amide bonds. The minimum absolute atomic E-state index is 0.868. The van der Waals surface area contributed by atoms with Crippen LogP contribution >= 0.6 is 0 Å². The molecule has 0 aliphatic heterocycles. The van der Waals surface area contributed by atoms with E-state index in [1.165, 1.54) is 22.3 Å². The summed E-state index contributed by atoms with van der Waals surface area (Å²) in [6.45, 7) is 8.10. The highest BCUT2D eigenvalue weighted by molar-refractivity contribution is 5.56. The summed E-state index contributed by atoms with van der Waals surface area (Å²) in [6.07, 6.45) is 5.88. The minimum atomic E-state index is 0.868. The van der Waals surface area contributed by atoms with E-state index >= 15 is 0 Å². The molecule has 0 fully saturated rings. The Labute approximate surface area is 121 Å². The van der Waals surface area contributed by atoms with Gasteiger partial charge in [0.15, 0.2) is 0 Å². The first-order chi connectivity index (χ1) is 9.78. The first-order valence-corrected chi connectivity index (χ1v) is 6.86. The lowest BCUT2D eigenvalue weighted by atomic mass is 9.98. The maximum Gasteiger partial charge on any atom is -0.00665 e. The zero-order valence-electron chi connectivity index (χ0n) is 11.8. The van der Waals surface area contributed by atoms with E-state index in [1.807, 2.05) is 30.3 Å². The SMILES string of the molecule is C=C/C(=C\c1ccccc1)CC(=C)Cc1ccccc1. The van der Waals surface area contributed by atoms with Gasteiger partial charge in [-0.25, -0.2) is 0 Å². The standard InChI is InChI=1S/C20H20/c1-3-18(16-20-12-8-5-9-13-20)14-17(2)15-19-10-6-4-7-11-19/h3-13,16H,1-2,14-15H2/b18-16+. The van der Waals surface area contributed by atoms with Gasteiger partial charge in [0.25, 0.3) is 0 Å². The Morgan fingerprint density at radius 1 is 0.900 bits per heavy atom. The smallest absolute Gasteiger partial charge is 0.00665 e. The van der Waals surface area contributed by atoms with Gasteiger partial charge in [-0.1, -0.05) is 91.5 Å². The van der Waals surface area contributed by atoms with Gasteiger partial charge in [0.2, 0.25) is 0 Å². The van der Waals surface area contributed by atoms with E-state index in [9.17, 15) is 0 Å². The molecule has 0 saturated carbocycles. The molecule has 0 unspecified atom stereocenters. The van der Waals surface area contributed by atoms with Crippen LogP contribution in [-0.4, -0.2) is 0 Å². The topological polar surface area (TPSA) is 0 Å². The summed E-state index contributed by atoms with van der Waals surface area (Å²) >= 11 is 0. The largest absolute Gasteiger partial charge is 0.0992 e. The Hall–Kier alpha value is -2.34. The second kappa shape index (κ2) is 7.30. The van der Waals surface area contributed by atoms with Gasteiger partial charge in [0, 0.05) is 0 Å². The van der Waals surface area contributed by atoms with Crippen LogP contribution in [0.5, 0.6) is 0 Å². The predicted molar refractivity (Wildman–Crippen MR) is 88.5 cm³/mol. The molecule has 0 spiro atoms. The van der Waals surface area contributed by atoms with Crippen molar-refractivity contribution in [3.63, 3.8) is 0 Å². The van der Waals surface area contributed by atoms with E-state index < -0.39 is 0 Å². The lowest BCUT2D eigenvalue weighted by Crippen LogP contribution is -1.91. The fraction of sp³-hybridized carbons (Fsp3) is 0.100. The summed E-state index contributed by atoms with van der Waals surface area (Å²) in [5.41, 5.74) is 4.92. The van der Waals surface area contributed by atoms with Crippen molar-refractivity contribution < 1.29 is 0 Å². The molecule has 0 saturated heterocycles. The summed E-state index contributed by atoms with van der Waals surface area (Å²) in [6, 6.07) is 20.8. The first-order valence-electron chi connectivity index (χ1n) is 6.86. The molecule has 100 valence electrons. The Morgan fingerprint density at radius 2 is 1.50 bits per heavy atom. The van der Waals surface area contributed by atoms with Crippen molar-refractivity contribution in [1.29, 1.82) is 0 Å². The van der Waals surface area contributed by atoms with Gasteiger partial charge < -0.3 is 0 Å². The average molecular weight is 260 g/mol. The van der Waals surface area contributed by atoms with Crippen LogP contribution in [0.1, 0.15) is 17.5 Å². The van der Waals surface area contributed by atoms with E-state index in [-0.39, 0.29) is 0 Å². The number of rotatable bonds is 6. The van der Waals surface area contributed by atoms with Crippen molar-refractivity contribution in [1.82, 2.24) is 0 Å². The summed E-state index contributed by atoms with van der Waals surface area (Å²) in [4.78, 5) is 0. The number of hydrogen-bond acceptors (Lipinski definition) is 0. The van der Waals surface area contributed by atoms with Crippen molar-refractivity contribution in [2.75, 3.05) is 0 Å². The zero-order valence-corrected chi connectivity index (χ0v) is 11.8. The van der Waals surface area contributed by atoms with Gasteiger partial charge in [-0.05, 0) is 29.5 Å². The fourth-order valence-corrected chi connectivity index (χ4v) is 2.18. The van der Waals surface area contributed by atoms with E-state index in [2.05, 4.69) is 55.6 Å². The molecule has 0 aliphatic carbocycles. The third-order valence-corrected chi connectivity index (χ3v) is 3.16. The van der Waals surface area contributed by atoms with Crippen molar-refractivity contribution >= 4 is 6.08 Å². The van der Waals surface area contributed by atoms with Crippen LogP contribution in [0.25, 0.3) is 6.08 Å². The van der Waals surface area contributed by atoms with Crippen molar-refractivity contribution in [2.45, 2.75) is 12.8 Å². The molecule has 2 rings (SSSR count). The molecule has 0 heterocycles. The quantitative estimate of drug-likeness (QED) is 0.479. The highest BCUT2D eigenvalue weighted by Crippen LogP contribution is 2.18. The summed E-state index contributed by atoms with van der Waals surface area (Å²) in [7, 11) is 0. The highest BCUT2D eigenvalue weighted by Gasteiger charge is 2.00. The van der Waals surface area contributed by atoms with Crippen LogP contribution in [0.4, 0.5) is 0 Å². The van der Waals surface area contributed by atoms with E-state index in [0.29, 0.717) is 0 Å². The Balaban J connectivity index is 2.02. The molecule has 2 aromatic rings. The van der Waals surface area contributed by atoms with Crippen LogP contribution in [0, 0.1) is 0 Å². The predicted octanol–water partition coefficient (Wildman–Crippen LogP) is 5.45. The molecule has 0 aromatic heterocycles. The number of allylic oxidation sites excluding steroid dienone is 3. The van der Waals surface area contributed by atoms with Gasteiger partial charge in [-0.15, -0.1) is 0 Å². The molecule has 0 aliphatic rings. The third-order valence-electron chi connectivity index (χ3n) is 3.16. The van der Waals surface area contributed by atoms with Crippen LogP contribution < -0.4 is 0 Å². The van der Waals surface area contributed by atoms with Crippen molar-refractivity contribution in [3.8, 4) is 0 Å². The van der Waals surface area contributed by atoms with E-state index in [1.54, 1.807) is 0 Å². The van der Waals surface area contributed by atoms with Crippen LogP contribution in [-0.2, 0) is 6.42 Å². The lowest BCUT2D eigenvalue weighted by Gasteiger charge is -2.07. The monoisotopic (exact) mass is 260 g/mol. The molecule has 0 heteroatoms. The van der Waals surface area contributed by atoms with Gasteiger partial charge in [-0.3, -0.25) is 0 Å². The molecular formula is C20H20. The second-order valence-electron chi connectivity index (χ2n) is 4.92. The molecule has 20 heavy (non-hydrogen) atoms. The third kappa shape index (κ3) is 4.40. The van der Waals surface area contributed by atoms with Crippen molar-refractivity contribution in [3.05, 3.63) is 102 Å². The molecule has 0 N–H and O–H groups in total. The maximum absolute atomic E-state index is 4.19. The highest BCUT2D eigenvalue weighted by atomic mass is 14.1. The number of benzene rings is 2. The van der Waals surface area contributed by atoms with Crippen LogP contribution in [0.15, 0.2) is 91.0 Å². The Morgan fingerprint density at radius 3 is 2.10 bits per heavy atom. The molecule has 0 bridgehead atoms. The van der Waals surface area contributed by atoms with E-state index in [0.717, 1.165) is 12.8 Å². The van der Waals surface area contributed by atoms with E-state index in [4.69, 9.17) is 0 Å². The summed E-state index contributed by atoms with van der Waals surface area (Å²) in [5, 5.41) is 0. The Bertz CT molecular complexity index is 588. The molecule has 0 radical (unpaired) electrons. The Kier molecular flexibility index (Phi) is 5.14. The van der Waals surface area contributed by atoms with Gasteiger partial charge >= 0.3 is 0 Å². The molecule has 2 aromatic carbocycles. The van der Waals surface area contributed by atoms with Crippen LogP contribution in [0.2, 0.25) is 0 Å². The molecule has 0 atom stereocenters. The zero-order chi connectivity index (χ0) is 14.2. The van der Waals surface area contributed by atoms with Gasteiger partial charge in [-0.2, -0.15) is 0 Å². The normalized spacial score (nSPS) is 11.1. The fourth-order valence-electron chi connectivity index (χ4n) is 2.18. The summed E-state index contributed by atoms with van der Waals surface area (Å²) in [5.74, 6) is 0. The molecule has 0 nitrogen and oxygen atoms in total. The van der Waals surface area contributed by atoms with Crippen LogP contribution in [0.3, 0.4) is 0 Å². The lowest BCUT2D eigenvalue weighted by molar-refractivity contribution is 1.05. The molecular weight excluding hydrogens is 240 g/mol. The summed E-state index contributed by atoms with van der Waals surface area (Å²) < 4.78 is 0. The first kappa shape index (κ1) is 14.1. The number of hydrogen-bond donors (Lipinski definition) is 0. The maximum atomic E-state index is 4.19. The van der Waals surface area contributed by atoms with Gasteiger partial charge in [0.1, 0.15) is 0 Å².